The number of carbonyl (C=O) groups excluding carboxylic acids is 2. The number of Topliss-reactive ketones (excluding diaryl/α,β-unsaturated/α-hetero) is 1. The standard InChI is InChI=1S/C28H37NO3S2/c1-22(29(2)3)20-28(23-12-6-4-7-13-23,24-14-8-5-9-15-24)26(30)21-32-27(31)17-11-10-16-25-18-19-33-34-25/h4-9,12-15,22,25H,10-11,16-21H2,1-3H3/t22?,25-/m1/s1. The molecule has 1 aliphatic rings. The van der Waals surface area contributed by atoms with Gasteiger partial charge in [-0.25, -0.2) is 0 Å². The quantitative estimate of drug-likeness (QED) is 0.187. The molecule has 2 aromatic carbocycles. The van der Waals surface area contributed by atoms with Gasteiger partial charge < -0.3 is 9.64 Å². The van der Waals surface area contributed by atoms with Crippen LogP contribution < -0.4 is 0 Å². The van der Waals surface area contributed by atoms with Gasteiger partial charge in [0.1, 0.15) is 0 Å². The molecule has 0 spiro atoms. The highest BCUT2D eigenvalue weighted by Gasteiger charge is 2.43. The monoisotopic (exact) mass is 499 g/mol. The van der Waals surface area contributed by atoms with Gasteiger partial charge in [0.05, 0.1) is 5.41 Å². The van der Waals surface area contributed by atoms with Crippen molar-refractivity contribution >= 4 is 33.3 Å². The Balaban J connectivity index is 1.73. The Hall–Kier alpha value is -1.76. The Morgan fingerprint density at radius 1 is 1.03 bits per heavy atom. The lowest BCUT2D eigenvalue weighted by molar-refractivity contribution is -0.149. The van der Waals surface area contributed by atoms with E-state index in [2.05, 4.69) is 11.8 Å². The van der Waals surface area contributed by atoms with Crippen molar-refractivity contribution < 1.29 is 14.3 Å². The summed E-state index contributed by atoms with van der Waals surface area (Å²) in [5.41, 5.74) is 0.981. The average molecular weight is 500 g/mol. The van der Waals surface area contributed by atoms with E-state index in [1.165, 1.54) is 12.2 Å². The maximum atomic E-state index is 13.9. The van der Waals surface area contributed by atoms with E-state index in [0.717, 1.165) is 35.6 Å². The summed E-state index contributed by atoms with van der Waals surface area (Å²) in [6.45, 7) is 1.92. The molecule has 0 aromatic heterocycles. The maximum Gasteiger partial charge on any atom is 0.306 e. The molecule has 0 amide bonds. The van der Waals surface area contributed by atoms with Crippen molar-refractivity contribution in [3.63, 3.8) is 0 Å². The van der Waals surface area contributed by atoms with Crippen molar-refractivity contribution in [2.45, 2.75) is 62.2 Å². The van der Waals surface area contributed by atoms with Crippen LogP contribution >= 0.6 is 21.6 Å². The highest BCUT2D eigenvalue weighted by atomic mass is 33.1. The van der Waals surface area contributed by atoms with Crippen LogP contribution in [-0.2, 0) is 19.7 Å². The van der Waals surface area contributed by atoms with Crippen LogP contribution in [0.4, 0.5) is 0 Å². The van der Waals surface area contributed by atoms with Crippen molar-refractivity contribution in [1.29, 1.82) is 0 Å². The van der Waals surface area contributed by atoms with Crippen molar-refractivity contribution in [2.75, 3.05) is 26.5 Å². The van der Waals surface area contributed by atoms with Gasteiger partial charge in [0, 0.05) is 23.5 Å². The van der Waals surface area contributed by atoms with Crippen LogP contribution in [-0.4, -0.2) is 54.4 Å². The fraction of sp³-hybridized carbons (Fsp3) is 0.500. The van der Waals surface area contributed by atoms with Gasteiger partial charge in [-0.2, -0.15) is 0 Å². The first-order valence-corrected chi connectivity index (χ1v) is 14.6. The highest BCUT2D eigenvalue weighted by molar-refractivity contribution is 8.77. The van der Waals surface area contributed by atoms with Crippen molar-refractivity contribution in [1.82, 2.24) is 4.90 Å². The fourth-order valence-corrected chi connectivity index (χ4v) is 7.48. The van der Waals surface area contributed by atoms with Gasteiger partial charge in [0.25, 0.3) is 0 Å². The van der Waals surface area contributed by atoms with Crippen LogP contribution in [0.1, 0.15) is 56.6 Å². The normalized spacial score (nSPS) is 17.0. The van der Waals surface area contributed by atoms with E-state index < -0.39 is 5.41 Å². The Labute approximate surface area is 212 Å². The minimum absolute atomic E-state index is 0.0775. The van der Waals surface area contributed by atoms with Gasteiger partial charge in [-0.05, 0) is 57.8 Å². The lowest BCUT2D eigenvalue weighted by Crippen LogP contribution is -2.45. The zero-order chi connectivity index (χ0) is 24.4. The third-order valence-electron chi connectivity index (χ3n) is 6.74. The maximum absolute atomic E-state index is 13.9. The van der Waals surface area contributed by atoms with Crippen LogP contribution in [0, 0.1) is 0 Å². The molecule has 1 heterocycles. The number of esters is 1. The summed E-state index contributed by atoms with van der Waals surface area (Å²) in [7, 11) is 7.97. The number of rotatable bonds is 13. The van der Waals surface area contributed by atoms with E-state index in [0.29, 0.717) is 12.8 Å². The van der Waals surface area contributed by atoms with Crippen molar-refractivity contribution in [2.24, 2.45) is 0 Å². The molecular weight excluding hydrogens is 462 g/mol. The molecule has 6 heteroatoms. The Kier molecular flexibility index (Phi) is 10.5. The smallest absolute Gasteiger partial charge is 0.306 e. The second-order valence-corrected chi connectivity index (χ2v) is 12.1. The van der Waals surface area contributed by atoms with Crippen LogP contribution in [0.5, 0.6) is 0 Å². The molecule has 3 rings (SSSR count). The second-order valence-electron chi connectivity index (χ2n) is 9.31. The van der Waals surface area contributed by atoms with Gasteiger partial charge in [0.2, 0.25) is 0 Å². The molecule has 1 unspecified atom stereocenters. The first kappa shape index (κ1) is 26.8. The van der Waals surface area contributed by atoms with E-state index in [1.807, 2.05) is 96.3 Å². The van der Waals surface area contributed by atoms with Crippen LogP contribution in [0.3, 0.4) is 0 Å². The minimum Gasteiger partial charge on any atom is -0.458 e. The number of nitrogens with zero attached hydrogens (tertiary/aromatic N) is 1. The van der Waals surface area contributed by atoms with E-state index in [1.54, 1.807) is 0 Å². The molecule has 0 N–H and O–H groups in total. The number of benzene rings is 2. The molecule has 0 bridgehead atoms. The Bertz CT molecular complexity index is 859. The predicted molar refractivity (Wildman–Crippen MR) is 144 cm³/mol. The molecule has 34 heavy (non-hydrogen) atoms. The summed E-state index contributed by atoms with van der Waals surface area (Å²) in [5, 5.41) is 0.721. The van der Waals surface area contributed by atoms with Gasteiger partial charge >= 0.3 is 5.97 Å². The third kappa shape index (κ3) is 7.12. The lowest BCUT2D eigenvalue weighted by atomic mass is 9.67. The van der Waals surface area contributed by atoms with E-state index in [4.69, 9.17) is 4.74 Å². The van der Waals surface area contributed by atoms with Crippen LogP contribution in [0.25, 0.3) is 0 Å². The van der Waals surface area contributed by atoms with Crippen molar-refractivity contribution in [3.8, 4) is 0 Å². The molecule has 1 aliphatic heterocycles. The summed E-state index contributed by atoms with van der Waals surface area (Å²) < 4.78 is 5.56. The molecular formula is C28H37NO3S2. The average Bonchev–Trinajstić information content (AvgIpc) is 3.38. The number of ether oxygens (including phenoxy) is 1. The molecule has 2 atom stereocenters. The van der Waals surface area contributed by atoms with E-state index in [-0.39, 0.29) is 24.4 Å². The van der Waals surface area contributed by atoms with Crippen molar-refractivity contribution in [3.05, 3.63) is 71.8 Å². The lowest BCUT2D eigenvalue weighted by Gasteiger charge is -2.37. The van der Waals surface area contributed by atoms with Gasteiger partial charge in [0.15, 0.2) is 12.4 Å². The Morgan fingerprint density at radius 3 is 2.18 bits per heavy atom. The predicted octanol–water partition coefficient (Wildman–Crippen LogP) is 6.14. The molecule has 0 saturated carbocycles. The third-order valence-corrected chi connectivity index (χ3v) is 9.75. The minimum atomic E-state index is -0.885. The number of unbranched alkanes of at least 4 members (excludes halogenated alkanes) is 1. The Morgan fingerprint density at radius 2 is 1.65 bits per heavy atom. The zero-order valence-electron chi connectivity index (χ0n) is 20.6. The molecule has 4 nitrogen and oxygen atoms in total. The van der Waals surface area contributed by atoms with E-state index >= 15 is 0 Å². The molecule has 2 aromatic rings. The summed E-state index contributed by atoms with van der Waals surface area (Å²) in [6.07, 6.45) is 5.23. The number of hydrogen-bond donors (Lipinski definition) is 0. The molecule has 184 valence electrons. The van der Waals surface area contributed by atoms with Gasteiger partial charge in [-0.1, -0.05) is 88.7 Å². The fourth-order valence-electron chi connectivity index (χ4n) is 4.46. The van der Waals surface area contributed by atoms with Gasteiger partial charge in [-0.3, -0.25) is 9.59 Å². The largest absolute Gasteiger partial charge is 0.458 e. The first-order chi connectivity index (χ1) is 16.4. The highest BCUT2D eigenvalue weighted by Crippen LogP contribution is 2.40. The number of ketones is 1. The molecule has 0 radical (unpaired) electrons. The summed E-state index contributed by atoms with van der Waals surface area (Å²) in [5.74, 6) is 0.875. The summed E-state index contributed by atoms with van der Waals surface area (Å²) in [4.78, 5) is 28.5. The molecule has 1 saturated heterocycles. The second kappa shape index (κ2) is 13.4. The number of hydrogen-bond acceptors (Lipinski definition) is 6. The van der Waals surface area contributed by atoms with Crippen LogP contribution in [0.15, 0.2) is 60.7 Å². The van der Waals surface area contributed by atoms with Crippen LogP contribution in [0.2, 0.25) is 0 Å². The zero-order valence-corrected chi connectivity index (χ0v) is 22.2. The first-order valence-electron chi connectivity index (χ1n) is 12.2. The van der Waals surface area contributed by atoms with Gasteiger partial charge in [-0.15, -0.1) is 0 Å². The van der Waals surface area contributed by atoms with E-state index in [9.17, 15) is 9.59 Å². The summed E-state index contributed by atoms with van der Waals surface area (Å²) in [6, 6.07) is 20.0. The number of carbonyl (C=O) groups is 2. The molecule has 1 fully saturated rings. The topological polar surface area (TPSA) is 46.6 Å². The SMILES string of the molecule is CC(CC(C(=O)COC(=O)CCCC[C@@H]1CCSS1)(c1ccccc1)c1ccccc1)N(C)C. The molecule has 0 aliphatic carbocycles. The summed E-state index contributed by atoms with van der Waals surface area (Å²) >= 11 is 0.